The van der Waals surface area contributed by atoms with Crippen LogP contribution in [0.5, 0.6) is 0 Å². The van der Waals surface area contributed by atoms with E-state index in [1.54, 1.807) is 11.3 Å². The molecule has 0 aliphatic rings. The van der Waals surface area contributed by atoms with Crippen LogP contribution in [0.1, 0.15) is 28.4 Å². The summed E-state index contributed by atoms with van der Waals surface area (Å²) >= 11 is 1.71. The second kappa shape index (κ2) is 7.49. The van der Waals surface area contributed by atoms with Gasteiger partial charge in [0.05, 0.1) is 11.7 Å². The first-order valence-corrected chi connectivity index (χ1v) is 8.56. The average molecular weight is 326 g/mol. The lowest BCUT2D eigenvalue weighted by molar-refractivity contribution is 0.518. The normalized spacial score (nSPS) is 12.3. The molecule has 23 heavy (non-hydrogen) atoms. The van der Waals surface area contributed by atoms with Crippen molar-refractivity contribution in [1.82, 2.24) is 10.3 Å². The van der Waals surface area contributed by atoms with E-state index < -0.39 is 0 Å². The van der Waals surface area contributed by atoms with Crippen LogP contribution >= 0.6 is 11.3 Å². The fourth-order valence-electron chi connectivity index (χ4n) is 2.45. The van der Waals surface area contributed by atoms with Crippen LogP contribution in [0.2, 0.25) is 0 Å². The third kappa shape index (κ3) is 4.47. The minimum atomic E-state index is -0.205. The molecule has 118 valence electrons. The molecule has 1 atom stereocenters. The van der Waals surface area contributed by atoms with Gasteiger partial charge in [-0.25, -0.2) is 4.39 Å². The van der Waals surface area contributed by atoms with Crippen LogP contribution in [0.25, 0.3) is 0 Å². The molecule has 4 heteroatoms. The Morgan fingerprint density at radius 2 is 1.91 bits per heavy atom. The molecule has 0 fully saturated rings. The van der Waals surface area contributed by atoms with Gasteiger partial charge in [-0.05, 0) is 65.1 Å². The number of nitrogens with one attached hydrogen (secondary N) is 1. The maximum Gasteiger partial charge on any atom is 0.123 e. The van der Waals surface area contributed by atoms with Crippen molar-refractivity contribution in [2.45, 2.75) is 25.9 Å². The van der Waals surface area contributed by atoms with E-state index in [-0.39, 0.29) is 11.9 Å². The largest absolute Gasteiger partial charge is 0.304 e. The number of rotatable bonds is 6. The van der Waals surface area contributed by atoms with Gasteiger partial charge in [0.15, 0.2) is 0 Å². The molecule has 2 aromatic heterocycles. The van der Waals surface area contributed by atoms with Crippen molar-refractivity contribution in [2.24, 2.45) is 0 Å². The zero-order chi connectivity index (χ0) is 16.1. The summed E-state index contributed by atoms with van der Waals surface area (Å²) in [6.45, 7) is 2.72. The summed E-state index contributed by atoms with van der Waals surface area (Å²) in [5, 5.41) is 7.81. The Kier molecular flexibility index (Phi) is 5.16. The molecule has 0 saturated carbocycles. The predicted molar refractivity (Wildman–Crippen MR) is 93.0 cm³/mol. The van der Waals surface area contributed by atoms with Gasteiger partial charge in [0.2, 0.25) is 0 Å². The van der Waals surface area contributed by atoms with Crippen molar-refractivity contribution < 1.29 is 4.39 Å². The topological polar surface area (TPSA) is 24.9 Å². The standard InChI is InChI=1S/C19H19FN2S/c1-14-2-7-18(21-11-14)19(10-16-8-9-23-13-16)22-12-15-3-5-17(20)6-4-15/h2-9,11,13,19,22H,10,12H2,1H3. The molecule has 2 heterocycles. The fourth-order valence-corrected chi connectivity index (χ4v) is 3.14. The highest BCUT2D eigenvalue weighted by Crippen LogP contribution is 2.19. The highest BCUT2D eigenvalue weighted by molar-refractivity contribution is 7.07. The van der Waals surface area contributed by atoms with Gasteiger partial charge < -0.3 is 5.32 Å². The predicted octanol–water partition coefficient (Wildman–Crippen LogP) is 4.66. The first-order chi connectivity index (χ1) is 11.2. The number of nitrogens with zero attached hydrogens (tertiary/aromatic N) is 1. The Labute approximate surface area is 140 Å². The van der Waals surface area contributed by atoms with Gasteiger partial charge in [0, 0.05) is 12.7 Å². The summed E-state index contributed by atoms with van der Waals surface area (Å²) in [6.07, 6.45) is 2.79. The molecule has 3 rings (SSSR count). The van der Waals surface area contributed by atoms with E-state index in [1.165, 1.54) is 17.7 Å². The van der Waals surface area contributed by atoms with Gasteiger partial charge in [0.25, 0.3) is 0 Å². The summed E-state index contributed by atoms with van der Waals surface area (Å²) in [6, 6.07) is 13.1. The van der Waals surface area contributed by atoms with E-state index in [9.17, 15) is 4.39 Å². The molecule has 3 aromatic rings. The van der Waals surface area contributed by atoms with Crippen LogP contribution < -0.4 is 5.32 Å². The maximum atomic E-state index is 13.0. The number of halogens is 1. The molecule has 0 aliphatic heterocycles. The van der Waals surface area contributed by atoms with E-state index in [0.29, 0.717) is 6.54 Å². The summed E-state index contributed by atoms with van der Waals surface area (Å²) in [4.78, 5) is 4.57. The number of pyridine rings is 1. The highest BCUT2D eigenvalue weighted by atomic mass is 32.1. The summed E-state index contributed by atoms with van der Waals surface area (Å²) in [5.41, 5.74) is 4.55. The minimum Gasteiger partial charge on any atom is -0.304 e. The Morgan fingerprint density at radius 1 is 1.09 bits per heavy atom. The van der Waals surface area contributed by atoms with E-state index in [2.05, 4.69) is 39.3 Å². The van der Waals surface area contributed by atoms with Crippen LogP contribution in [0, 0.1) is 12.7 Å². The van der Waals surface area contributed by atoms with Crippen LogP contribution in [0.15, 0.2) is 59.4 Å². The van der Waals surface area contributed by atoms with Crippen LogP contribution in [-0.2, 0) is 13.0 Å². The number of aromatic nitrogens is 1. The molecule has 0 bridgehead atoms. The van der Waals surface area contributed by atoms with Gasteiger partial charge >= 0.3 is 0 Å². The quantitative estimate of drug-likeness (QED) is 0.712. The zero-order valence-corrected chi connectivity index (χ0v) is 13.8. The van der Waals surface area contributed by atoms with Gasteiger partial charge in [-0.3, -0.25) is 4.98 Å². The number of hydrogen-bond acceptors (Lipinski definition) is 3. The van der Waals surface area contributed by atoms with Crippen LogP contribution in [-0.4, -0.2) is 4.98 Å². The van der Waals surface area contributed by atoms with Crippen molar-refractivity contribution in [3.8, 4) is 0 Å². The first kappa shape index (κ1) is 15.8. The van der Waals surface area contributed by atoms with Crippen molar-refractivity contribution in [1.29, 1.82) is 0 Å². The number of benzene rings is 1. The van der Waals surface area contributed by atoms with Crippen molar-refractivity contribution in [2.75, 3.05) is 0 Å². The molecule has 2 nitrogen and oxygen atoms in total. The van der Waals surface area contributed by atoms with Crippen LogP contribution in [0.3, 0.4) is 0 Å². The Hall–Kier alpha value is -2.04. The van der Waals surface area contributed by atoms with E-state index in [1.807, 2.05) is 25.3 Å². The summed E-state index contributed by atoms with van der Waals surface area (Å²) in [7, 11) is 0. The SMILES string of the molecule is Cc1ccc(C(Cc2ccsc2)NCc2ccc(F)cc2)nc1. The second-order valence-electron chi connectivity index (χ2n) is 5.66. The molecule has 0 radical (unpaired) electrons. The smallest absolute Gasteiger partial charge is 0.123 e. The molecule has 0 spiro atoms. The molecule has 1 unspecified atom stereocenters. The third-order valence-corrected chi connectivity index (χ3v) is 4.51. The molecule has 0 amide bonds. The molecule has 0 aliphatic carbocycles. The second-order valence-corrected chi connectivity index (χ2v) is 6.44. The molecular weight excluding hydrogens is 307 g/mol. The van der Waals surface area contributed by atoms with E-state index >= 15 is 0 Å². The van der Waals surface area contributed by atoms with E-state index in [4.69, 9.17) is 0 Å². The minimum absolute atomic E-state index is 0.134. The lowest BCUT2D eigenvalue weighted by Crippen LogP contribution is -2.23. The van der Waals surface area contributed by atoms with Crippen molar-refractivity contribution in [3.63, 3.8) is 0 Å². The van der Waals surface area contributed by atoms with E-state index in [0.717, 1.165) is 23.2 Å². The maximum absolute atomic E-state index is 13.0. The summed E-state index contributed by atoms with van der Waals surface area (Å²) < 4.78 is 13.0. The number of aryl methyl sites for hydroxylation is 1. The van der Waals surface area contributed by atoms with Gasteiger partial charge in [-0.15, -0.1) is 0 Å². The zero-order valence-electron chi connectivity index (χ0n) is 13.0. The Bertz CT molecular complexity index is 721. The lowest BCUT2D eigenvalue weighted by atomic mass is 10.0. The fraction of sp³-hybridized carbons (Fsp3) is 0.211. The summed E-state index contributed by atoms with van der Waals surface area (Å²) in [5.74, 6) is -0.205. The molecule has 1 aromatic carbocycles. The molecular formula is C19H19FN2S. The Morgan fingerprint density at radius 3 is 2.57 bits per heavy atom. The monoisotopic (exact) mass is 326 g/mol. The lowest BCUT2D eigenvalue weighted by Gasteiger charge is -2.18. The number of thiophene rings is 1. The highest BCUT2D eigenvalue weighted by Gasteiger charge is 2.13. The van der Waals surface area contributed by atoms with Crippen molar-refractivity contribution in [3.05, 3.63) is 87.6 Å². The van der Waals surface area contributed by atoms with Gasteiger partial charge in [-0.1, -0.05) is 18.2 Å². The van der Waals surface area contributed by atoms with Gasteiger partial charge in [-0.2, -0.15) is 11.3 Å². The molecule has 0 saturated heterocycles. The molecule has 1 N–H and O–H groups in total. The average Bonchev–Trinajstić information content (AvgIpc) is 3.07. The van der Waals surface area contributed by atoms with Crippen LogP contribution in [0.4, 0.5) is 4.39 Å². The Balaban J connectivity index is 1.74. The third-order valence-electron chi connectivity index (χ3n) is 3.78. The first-order valence-electron chi connectivity index (χ1n) is 7.62. The van der Waals surface area contributed by atoms with Crippen molar-refractivity contribution >= 4 is 11.3 Å². The number of hydrogen-bond donors (Lipinski definition) is 1. The van der Waals surface area contributed by atoms with Gasteiger partial charge in [0.1, 0.15) is 5.82 Å².